The normalized spacial score (nSPS) is 24.3. The molecule has 5 nitrogen and oxygen atoms in total. The van der Waals surface area contributed by atoms with Gasteiger partial charge < -0.3 is 5.11 Å². The number of hydrogen-bond acceptors (Lipinski definition) is 4. The zero-order valence-corrected chi connectivity index (χ0v) is 9.26. The van der Waals surface area contributed by atoms with E-state index in [1.54, 1.807) is 6.92 Å². The molecule has 1 aliphatic heterocycles. The predicted octanol–water partition coefficient (Wildman–Crippen LogP) is -1.01. The zero-order chi connectivity index (χ0) is 10.6. The third-order valence-electron chi connectivity index (χ3n) is 2.43. The van der Waals surface area contributed by atoms with Crippen LogP contribution >= 0.6 is 0 Å². The van der Waals surface area contributed by atoms with Crippen LogP contribution in [-0.2, 0) is 10.0 Å². The highest BCUT2D eigenvalue weighted by atomic mass is 32.2. The van der Waals surface area contributed by atoms with Crippen LogP contribution in [0.15, 0.2) is 0 Å². The molecule has 0 spiro atoms. The monoisotopic (exact) mass is 222 g/mol. The van der Waals surface area contributed by atoms with E-state index in [-0.39, 0.29) is 11.9 Å². The van der Waals surface area contributed by atoms with Crippen molar-refractivity contribution in [3.63, 3.8) is 0 Å². The Hall–Kier alpha value is -0.170. The fourth-order valence-corrected chi connectivity index (χ4v) is 3.17. The average molecular weight is 222 g/mol. The Kier molecular flexibility index (Phi) is 4.31. The van der Waals surface area contributed by atoms with Crippen LogP contribution in [0.2, 0.25) is 0 Å². The molecule has 1 aliphatic rings. The van der Waals surface area contributed by atoms with Crippen LogP contribution in [0.1, 0.15) is 13.3 Å². The topological polar surface area (TPSA) is 69.6 Å². The van der Waals surface area contributed by atoms with Gasteiger partial charge in [-0.15, -0.1) is 0 Å². The Labute approximate surface area is 85.2 Å². The Balaban J connectivity index is 2.49. The number of nitrogens with one attached hydrogen (secondary N) is 1. The minimum absolute atomic E-state index is 0.0912. The average Bonchev–Trinajstić information content (AvgIpc) is 2.54. The molecule has 1 fully saturated rings. The standard InChI is InChI=1S/C8H18N2O3S/c1-2-9-14(12,13)8-3-4-10(7-8)5-6-11/h8-9,11H,2-7H2,1H3. The fraction of sp³-hybridized carbons (Fsp3) is 1.00. The van der Waals surface area contributed by atoms with Crippen LogP contribution in [0.25, 0.3) is 0 Å². The van der Waals surface area contributed by atoms with Crippen LogP contribution in [0.4, 0.5) is 0 Å². The molecule has 0 aromatic heterocycles. The molecule has 84 valence electrons. The van der Waals surface area contributed by atoms with Crippen molar-refractivity contribution in [2.24, 2.45) is 0 Å². The van der Waals surface area contributed by atoms with Gasteiger partial charge in [0.25, 0.3) is 0 Å². The molecular formula is C8H18N2O3S. The van der Waals surface area contributed by atoms with E-state index in [1.165, 1.54) is 0 Å². The predicted molar refractivity (Wildman–Crippen MR) is 54.5 cm³/mol. The Morgan fingerprint density at radius 2 is 2.29 bits per heavy atom. The van der Waals surface area contributed by atoms with E-state index < -0.39 is 10.0 Å². The van der Waals surface area contributed by atoms with Crippen LogP contribution in [0.3, 0.4) is 0 Å². The quantitative estimate of drug-likeness (QED) is 0.625. The first-order valence-corrected chi connectivity index (χ1v) is 6.46. The molecule has 0 bridgehead atoms. The van der Waals surface area contributed by atoms with Gasteiger partial charge in [0.1, 0.15) is 0 Å². The molecule has 0 amide bonds. The number of β-amino-alcohol motifs (C(OH)–C–C–N with tert-alkyl or cyclic N) is 1. The summed E-state index contributed by atoms with van der Waals surface area (Å²) in [6, 6.07) is 0. The molecule has 0 aromatic rings. The van der Waals surface area contributed by atoms with Crippen molar-refractivity contribution < 1.29 is 13.5 Å². The lowest BCUT2D eigenvalue weighted by Gasteiger charge is -2.14. The van der Waals surface area contributed by atoms with Crippen molar-refractivity contribution in [3.8, 4) is 0 Å². The smallest absolute Gasteiger partial charge is 0.215 e. The van der Waals surface area contributed by atoms with Gasteiger partial charge in [-0.3, -0.25) is 4.90 Å². The highest BCUT2D eigenvalue weighted by Crippen LogP contribution is 2.15. The molecule has 1 atom stereocenters. The first kappa shape index (κ1) is 11.9. The summed E-state index contributed by atoms with van der Waals surface area (Å²) in [5.74, 6) is 0. The molecule has 6 heteroatoms. The molecule has 1 rings (SSSR count). The third-order valence-corrected chi connectivity index (χ3v) is 4.38. The summed E-state index contributed by atoms with van der Waals surface area (Å²) in [7, 11) is -3.13. The Morgan fingerprint density at radius 3 is 2.86 bits per heavy atom. The molecule has 0 aliphatic carbocycles. The Bertz CT molecular complexity index is 266. The van der Waals surface area contributed by atoms with Crippen LogP contribution in [0, 0.1) is 0 Å². The van der Waals surface area contributed by atoms with Crippen LogP contribution < -0.4 is 4.72 Å². The molecule has 0 aromatic carbocycles. The van der Waals surface area contributed by atoms with Crippen molar-refractivity contribution in [1.29, 1.82) is 0 Å². The maximum Gasteiger partial charge on any atom is 0.215 e. The SMILES string of the molecule is CCNS(=O)(=O)C1CCN(CCO)C1. The highest BCUT2D eigenvalue weighted by Gasteiger charge is 2.31. The largest absolute Gasteiger partial charge is 0.395 e. The van der Waals surface area contributed by atoms with Gasteiger partial charge in [-0.25, -0.2) is 13.1 Å². The second-order valence-corrected chi connectivity index (χ2v) is 5.52. The summed E-state index contributed by atoms with van der Waals surface area (Å²) >= 11 is 0. The van der Waals surface area contributed by atoms with Gasteiger partial charge in [0, 0.05) is 19.6 Å². The van der Waals surface area contributed by atoms with Gasteiger partial charge in [0.15, 0.2) is 0 Å². The lowest BCUT2D eigenvalue weighted by Crippen LogP contribution is -2.36. The number of rotatable bonds is 5. The second kappa shape index (κ2) is 5.06. The van der Waals surface area contributed by atoms with Gasteiger partial charge in [-0.1, -0.05) is 6.92 Å². The van der Waals surface area contributed by atoms with Crippen LogP contribution in [0.5, 0.6) is 0 Å². The summed E-state index contributed by atoms with van der Waals surface area (Å²) in [6.45, 7) is 4.18. The second-order valence-electron chi connectivity index (χ2n) is 3.48. The van der Waals surface area contributed by atoms with Crippen molar-refractivity contribution >= 4 is 10.0 Å². The molecule has 0 radical (unpaired) electrons. The van der Waals surface area contributed by atoms with E-state index in [0.29, 0.717) is 26.1 Å². The van der Waals surface area contributed by atoms with Gasteiger partial charge >= 0.3 is 0 Å². The zero-order valence-electron chi connectivity index (χ0n) is 8.44. The van der Waals surface area contributed by atoms with E-state index in [9.17, 15) is 8.42 Å². The molecule has 0 saturated carbocycles. The van der Waals surface area contributed by atoms with E-state index in [0.717, 1.165) is 6.54 Å². The maximum atomic E-state index is 11.6. The van der Waals surface area contributed by atoms with E-state index in [2.05, 4.69) is 4.72 Å². The van der Waals surface area contributed by atoms with E-state index in [1.807, 2.05) is 4.90 Å². The summed E-state index contributed by atoms with van der Waals surface area (Å²) in [5, 5.41) is 8.40. The number of hydrogen-bond donors (Lipinski definition) is 2. The van der Waals surface area contributed by atoms with Crippen molar-refractivity contribution in [3.05, 3.63) is 0 Å². The fourth-order valence-electron chi connectivity index (χ4n) is 1.71. The highest BCUT2D eigenvalue weighted by molar-refractivity contribution is 7.90. The lowest BCUT2D eigenvalue weighted by molar-refractivity contribution is 0.221. The van der Waals surface area contributed by atoms with Crippen LogP contribution in [-0.4, -0.2) is 56.5 Å². The number of aliphatic hydroxyl groups excluding tert-OH is 1. The van der Waals surface area contributed by atoms with Crippen molar-refractivity contribution in [2.75, 3.05) is 32.8 Å². The lowest BCUT2D eigenvalue weighted by atomic mass is 10.4. The number of likely N-dealkylation sites (tertiary alicyclic amines) is 1. The minimum atomic E-state index is -3.13. The first-order chi connectivity index (χ1) is 6.60. The van der Waals surface area contributed by atoms with Gasteiger partial charge in [-0.2, -0.15) is 0 Å². The molecule has 1 saturated heterocycles. The van der Waals surface area contributed by atoms with E-state index >= 15 is 0 Å². The molecule has 1 heterocycles. The summed E-state index contributed by atoms with van der Waals surface area (Å²) in [5.41, 5.74) is 0. The summed E-state index contributed by atoms with van der Waals surface area (Å²) in [6.07, 6.45) is 0.662. The molecule has 1 unspecified atom stereocenters. The van der Waals surface area contributed by atoms with Gasteiger partial charge in [0.05, 0.1) is 11.9 Å². The number of nitrogens with zero attached hydrogens (tertiary/aromatic N) is 1. The van der Waals surface area contributed by atoms with E-state index in [4.69, 9.17) is 5.11 Å². The van der Waals surface area contributed by atoms with Gasteiger partial charge in [0.2, 0.25) is 10.0 Å². The third kappa shape index (κ3) is 2.91. The maximum absolute atomic E-state index is 11.6. The molecule has 2 N–H and O–H groups in total. The molecule has 14 heavy (non-hydrogen) atoms. The Morgan fingerprint density at radius 1 is 1.57 bits per heavy atom. The number of aliphatic hydroxyl groups is 1. The summed E-state index contributed by atoms with van der Waals surface area (Å²) < 4.78 is 25.7. The van der Waals surface area contributed by atoms with Crippen molar-refractivity contribution in [2.45, 2.75) is 18.6 Å². The number of sulfonamides is 1. The minimum Gasteiger partial charge on any atom is -0.395 e. The summed E-state index contributed by atoms with van der Waals surface area (Å²) in [4.78, 5) is 1.97. The van der Waals surface area contributed by atoms with Crippen molar-refractivity contribution in [1.82, 2.24) is 9.62 Å². The molecular weight excluding hydrogens is 204 g/mol. The van der Waals surface area contributed by atoms with Gasteiger partial charge in [-0.05, 0) is 13.0 Å². The first-order valence-electron chi connectivity index (χ1n) is 4.92.